The summed E-state index contributed by atoms with van der Waals surface area (Å²) in [5, 5.41) is 9.00. The van der Waals surface area contributed by atoms with Crippen LogP contribution in [0.4, 0.5) is 0 Å². The van der Waals surface area contributed by atoms with Crippen LogP contribution in [0.3, 0.4) is 0 Å². The molecule has 3 N–H and O–H groups in total. The number of primary amides is 1. The highest BCUT2D eigenvalue weighted by Crippen LogP contribution is 2.50. The predicted octanol–water partition coefficient (Wildman–Crippen LogP) is 0.986. The number of hydrogen-bond acceptors (Lipinski definition) is 7. The van der Waals surface area contributed by atoms with Crippen LogP contribution in [0.2, 0.25) is 0 Å². The molecule has 19 heavy (non-hydrogen) atoms. The van der Waals surface area contributed by atoms with Crippen LogP contribution in [0.1, 0.15) is 27.7 Å². The molecule has 1 unspecified atom stereocenters. The zero-order chi connectivity index (χ0) is 15.1. The van der Waals surface area contributed by atoms with E-state index in [4.69, 9.17) is 30.0 Å². The Bertz CT molecular complexity index is 305. The normalized spacial score (nSPS) is 14.1. The van der Waals surface area contributed by atoms with Gasteiger partial charge in [-0.05, 0) is 27.7 Å². The molecular formula is C10H22NO7P. The summed E-state index contributed by atoms with van der Waals surface area (Å²) in [6, 6.07) is 0. The van der Waals surface area contributed by atoms with Gasteiger partial charge in [-0.2, -0.15) is 0 Å². The molecule has 0 heterocycles. The van der Waals surface area contributed by atoms with Crippen LogP contribution in [0.5, 0.6) is 0 Å². The number of hydrogen-bond donors (Lipinski definition) is 2. The minimum atomic E-state index is -3.86. The summed E-state index contributed by atoms with van der Waals surface area (Å²) in [5.41, 5.74) is 5.05. The van der Waals surface area contributed by atoms with Gasteiger partial charge in [0.25, 0.3) is 0 Å². The van der Waals surface area contributed by atoms with Crippen LogP contribution in [0.15, 0.2) is 0 Å². The molecule has 1 atom stereocenters. The first-order chi connectivity index (χ1) is 8.70. The summed E-state index contributed by atoms with van der Waals surface area (Å²) < 4.78 is 21.7. The lowest BCUT2D eigenvalue weighted by molar-refractivity contribution is -0.291. The van der Waals surface area contributed by atoms with Crippen LogP contribution in [-0.2, 0) is 28.5 Å². The lowest BCUT2D eigenvalue weighted by atomic mass is 10.2. The number of carbonyl (C=O) groups excluding carboxylic acids is 1. The van der Waals surface area contributed by atoms with Crippen molar-refractivity contribution in [2.75, 3.05) is 12.8 Å². The van der Waals surface area contributed by atoms with E-state index in [1.807, 2.05) is 0 Å². The van der Waals surface area contributed by atoms with Gasteiger partial charge >= 0.3 is 7.60 Å². The van der Waals surface area contributed by atoms with Crippen molar-refractivity contribution in [1.29, 1.82) is 0 Å². The van der Waals surface area contributed by atoms with Gasteiger partial charge in [0, 0.05) is 0 Å². The number of aliphatic hydroxyl groups excluding tert-OH is 1. The lowest BCUT2D eigenvalue weighted by Gasteiger charge is -2.20. The van der Waals surface area contributed by atoms with Crippen molar-refractivity contribution >= 4 is 13.5 Å². The van der Waals surface area contributed by atoms with Gasteiger partial charge in [0.15, 0.2) is 0 Å². The maximum Gasteiger partial charge on any atom is 0.385 e. The van der Waals surface area contributed by atoms with Gasteiger partial charge in [-0.3, -0.25) is 9.36 Å². The first-order valence-corrected chi connectivity index (χ1v) is 7.62. The third-order valence-electron chi connectivity index (χ3n) is 1.76. The van der Waals surface area contributed by atoms with E-state index in [1.54, 1.807) is 27.7 Å². The molecule has 0 saturated heterocycles. The Labute approximate surface area is 112 Å². The average molecular weight is 299 g/mol. The minimum Gasteiger partial charge on any atom is -0.396 e. The van der Waals surface area contributed by atoms with E-state index >= 15 is 0 Å². The molecule has 0 aromatic rings. The van der Waals surface area contributed by atoms with Crippen molar-refractivity contribution in [3.8, 4) is 0 Å². The van der Waals surface area contributed by atoms with Crippen molar-refractivity contribution < 1.29 is 33.6 Å². The van der Waals surface area contributed by atoms with E-state index in [1.165, 1.54) is 0 Å². The third kappa shape index (κ3) is 8.30. The fourth-order valence-corrected chi connectivity index (χ4v) is 2.47. The second kappa shape index (κ2) is 8.63. The molecule has 0 bridgehead atoms. The minimum absolute atomic E-state index is 0.364. The Balaban J connectivity index is 4.72. The van der Waals surface area contributed by atoms with Crippen molar-refractivity contribution in [3.63, 3.8) is 0 Å². The molecule has 0 aliphatic rings. The van der Waals surface area contributed by atoms with E-state index in [-0.39, 0.29) is 12.2 Å². The molecule has 9 heteroatoms. The third-order valence-corrected chi connectivity index (χ3v) is 3.28. The Morgan fingerprint density at radius 1 is 1.16 bits per heavy atom. The zero-order valence-corrected chi connectivity index (χ0v) is 12.5. The van der Waals surface area contributed by atoms with E-state index in [0.717, 1.165) is 0 Å². The molecule has 0 saturated carbocycles. The molecule has 8 nitrogen and oxygen atoms in total. The number of aliphatic hydroxyl groups is 1. The topological polar surface area (TPSA) is 117 Å². The smallest absolute Gasteiger partial charge is 0.385 e. The SMILES string of the molecule is CC(C)OOP(=O)(CC(CO)C(N)=O)OOC(C)C. The van der Waals surface area contributed by atoms with Crippen LogP contribution in [0, 0.1) is 5.92 Å². The van der Waals surface area contributed by atoms with Gasteiger partial charge < -0.3 is 10.8 Å². The largest absolute Gasteiger partial charge is 0.396 e. The Hall–Kier alpha value is -0.500. The fourth-order valence-electron chi connectivity index (χ4n) is 0.884. The Morgan fingerprint density at radius 3 is 1.84 bits per heavy atom. The standard InChI is InChI=1S/C10H22NO7P/c1-7(2)15-17-19(14,18-16-8(3)4)6-9(5-12)10(11)13/h7-9,12H,5-6H2,1-4H3,(H2,11,13). The van der Waals surface area contributed by atoms with Crippen molar-refractivity contribution in [2.24, 2.45) is 11.7 Å². The van der Waals surface area contributed by atoms with E-state index in [0.29, 0.717) is 0 Å². The second-order valence-electron chi connectivity index (χ2n) is 4.51. The summed E-state index contributed by atoms with van der Waals surface area (Å²) >= 11 is 0. The van der Waals surface area contributed by atoms with Gasteiger partial charge in [-0.15, -0.1) is 9.35 Å². The molecule has 0 aromatic heterocycles. The van der Waals surface area contributed by atoms with Gasteiger partial charge in [-0.1, -0.05) is 0 Å². The monoisotopic (exact) mass is 299 g/mol. The molecule has 0 radical (unpaired) electrons. The lowest BCUT2D eigenvalue weighted by Crippen LogP contribution is -2.30. The first-order valence-electron chi connectivity index (χ1n) is 5.89. The maximum atomic E-state index is 12.3. The molecule has 0 fully saturated rings. The van der Waals surface area contributed by atoms with E-state index in [2.05, 4.69) is 0 Å². The van der Waals surface area contributed by atoms with Crippen LogP contribution >= 0.6 is 7.60 Å². The van der Waals surface area contributed by atoms with Crippen LogP contribution in [-0.4, -0.2) is 36.0 Å². The number of nitrogens with two attached hydrogens (primary N) is 1. The Morgan fingerprint density at radius 2 is 1.58 bits per heavy atom. The summed E-state index contributed by atoms with van der Waals surface area (Å²) in [7, 11) is -3.86. The highest BCUT2D eigenvalue weighted by Gasteiger charge is 2.35. The molecule has 0 aliphatic carbocycles. The first kappa shape index (κ1) is 18.5. The van der Waals surface area contributed by atoms with Gasteiger partial charge in [0.05, 0.1) is 30.9 Å². The molecule has 1 amide bonds. The fraction of sp³-hybridized carbons (Fsp3) is 0.900. The zero-order valence-electron chi connectivity index (χ0n) is 11.6. The van der Waals surface area contributed by atoms with Gasteiger partial charge in [0.1, 0.15) is 0 Å². The summed E-state index contributed by atoms with van der Waals surface area (Å²) in [6.45, 7) is 6.06. The molecular weight excluding hydrogens is 277 g/mol. The predicted molar refractivity (Wildman–Crippen MR) is 66.9 cm³/mol. The molecule has 0 spiro atoms. The number of rotatable bonds is 10. The van der Waals surface area contributed by atoms with Crippen molar-refractivity contribution in [2.45, 2.75) is 39.9 Å². The average Bonchev–Trinajstić information content (AvgIpc) is 2.31. The molecule has 0 aliphatic heterocycles. The van der Waals surface area contributed by atoms with Gasteiger partial charge in [0.2, 0.25) is 5.91 Å². The Kier molecular flexibility index (Phi) is 8.40. The maximum absolute atomic E-state index is 12.3. The summed E-state index contributed by atoms with van der Waals surface area (Å²) in [5.74, 6) is -1.89. The van der Waals surface area contributed by atoms with Crippen LogP contribution in [0.25, 0.3) is 0 Å². The molecule has 0 aromatic carbocycles. The number of carbonyl (C=O) groups is 1. The van der Waals surface area contributed by atoms with Crippen LogP contribution < -0.4 is 5.73 Å². The quantitative estimate of drug-likeness (QED) is 0.351. The highest BCUT2D eigenvalue weighted by molar-refractivity contribution is 7.53. The molecule has 114 valence electrons. The van der Waals surface area contributed by atoms with Crippen molar-refractivity contribution in [3.05, 3.63) is 0 Å². The van der Waals surface area contributed by atoms with Gasteiger partial charge in [-0.25, -0.2) is 9.78 Å². The number of amides is 1. The molecule has 0 rings (SSSR count). The van der Waals surface area contributed by atoms with E-state index in [9.17, 15) is 9.36 Å². The van der Waals surface area contributed by atoms with E-state index < -0.39 is 32.2 Å². The second-order valence-corrected chi connectivity index (χ2v) is 6.40. The summed E-state index contributed by atoms with van der Waals surface area (Å²) in [6.07, 6.45) is -1.16. The van der Waals surface area contributed by atoms with Crippen molar-refractivity contribution in [1.82, 2.24) is 0 Å². The highest BCUT2D eigenvalue weighted by atomic mass is 31.2. The summed E-state index contributed by atoms with van der Waals surface area (Å²) in [4.78, 5) is 20.6.